The van der Waals surface area contributed by atoms with Crippen LogP contribution in [0.15, 0.2) is 23.1 Å². The molecule has 20 heavy (non-hydrogen) atoms. The first-order chi connectivity index (χ1) is 9.20. The van der Waals surface area contributed by atoms with E-state index in [2.05, 4.69) is 4.74 Å². The Kier molecular flexibility index (Phi) is 4.69. The molecule has 0 unspecified atom stereocenters. The molecule has 3 N–H and O–H groups in total. The normalized spacial score (nSPS) is 11.3. The molecule has 1 rings (SSSR count). The standard InChI is InChI=1S/C11H14N2O6S/c1-13(6-10(12)15)20(17,18)7-3-4-9(14)8(5-7)11(16)19-2/h3-5,14H,6H2,1-2H3,(H2,12,15). The van der Waals surface area contributed by atoms with Crippen molar-refractivity contribution in [3.05, 3.63) is 23.8 Å². The lowest BCUT2D eigenvalue weighted by Gasteiger charge is -2.16. The molecule has 0 heterocycles. The predicted octanol–water partition coefficient (Wildman–Crippen LogP) is -0.715. The highest BCUT2D eigenvalue weighted by atomic mass is 32.2. The Labute approximate surface area is 115 Å². The zero-order chi connectivity index (χ0) is 15.5. The van der Waals surface area contributed by atoms with Crippen LogP contribution in [-0.4, -0.2) is 50.4 Å². The van der Waals surface area contributed by atoms with E-state index in [1.165, 1.54) is 7.05 Å². The van der Waals surface area contributed by atoms with E-state index in [9.17, 15) is 23.1 Å². The molecule has 1 aromatic rings. The fraction of sp³-hybridized carbons (Fsp3) is 0.273. The number of likely N-dealkylation sites (N-methyl/N-ethyl adjacent to an activating group) is 1. The van der Waals surface area contributed by atoms with Gasteiger partial charge in [0.05, 0.1) is 18.6 Å². The molecule has 0 atom stereocenters. The van der Waals surface area contributed by atoms with Crippen LogP contribution in [0, 0.1) is 0 Å². The number of primary amides is 1. The van der Waals surface area contributed by atoms with Gasteiger partial charge in [0.2, 0.25) is 15.9 Å². The number of methoxy groups -OCH3 is 1. The minimum absolute atomic E-state index is 0.264. The van der Waals surface area contributed by atoms with E-state index in [1.54, 1.807) is 0 Å². The third kappa shape index (κ3) is 3.25. The molecule has 0 radical (unpaired) electrons. The van der Waals surface area contributed by atoms with Gasteiger partial charge in [-0.2, -0.15) is 4.31 Å². The number of nitrogens with zero attached hydrogens (tertiary/aromatic N) is 1. The first-order valence-electron chi connectivity index (χ1n) is 5.36. The number of phenolic OH excluding ortho intramolecular Hbond substituents is 1. The molecule has 0 saturated carbocycles. The number of hydrogen-bond acceptors (Lipinski definition) is 6. The summed E-state index contributed by atoms with van der Waals surface area (Å²) in [4.78, 5) is 21.9. The summed E-state index contributed by atoms with van der Waals surface area (Å²) in [7, 11) is -1.73. The van der Waals surface area contributed by atoms with Crippen molar-refractivity contribution in [2.75, 3.05) is 20.7 Å². The number of carbonyl (C=O) groups is 2. The number of aromatic hydroxyl groups is 1. The van der Waals surface area contributed by atoms with E-state index < -0.39 is 34.2 Å². The van der Waals surface area contributed by atoms with E-state index in [1.807, 2.05) is 0 Å². The van der Waals surface area contributed by atoms with E-state index in [-0.39, 0.29) is 10.5 Å². The summed E-state index contributed by atoms with van der Waals surface area (Å²) in [5.74, 6) is -2.10. The average Bonchev–Trinajstić information content (AvgIpc) is 2.37. The SMILES string of the molecule is COC(=O)c1cc(S(=O)(=O)N(C)CC(N)=O)ccc1O. The summed E-state index contributed by atoms with van der Waals surface area (Å²) >= 11 is 0. The topological polar surface area (TPSA) is 127 Å². The van der Waals surface area contributed by atoms with Crippen molar-refractivity contribution in [1.29, 1.82) is 0 Å². The van der Waals surface area contributed by atoms with Crippen LogP contribution in [0.25, 0.3) is 0 Å². The highest BCUT2D eigenvalue weighted by Crippen LogP contribution is 2.23. The number of amides is 1. The Hall–Kier alpha value is -2.13. The van der Waals surface area contributed by atoms with Gasteiger partial charge in [-0.1, -0.05) is 0 Å². The van der Waals surface area contributed by atoms with Gasteiger partial charge < -0.3 is 15.6 Å². The van der Waals surface area contributed by atoms with Gasteiger partial charge >= 0.3 is 5.97 Å². The highest BCUT2D eigenvalue weighted by molar-refractivity contribution is 7.89. The molecule has 0 aromatic heterocycles. The van der Waals surface area contributed by atoms with Crippen LogP contribution in [0.2, 0.25) is 0 Å². The van der Waals surface area contributed by atoms with Gasteiger partial charge in [0.1, 0.15) is 11.3 Å². The maximum absolute atomic E-state index is 12.1. The maximum Gasteiger partial charge on any atom is 0.341 e. The number of benzene rings is 1. The summed E-state index contributed by atoms with van der Waals surface area (Å²) in [6, 6.07) is 3.12. The van der Waals surface area contributed by atoms with Crippen molar-refractivity contribution in [1.82, 2.24) is 4.31 Å². The molecule has 0 aliphatic rings. The van der Waals surface area contributed by atoms with Crippen LogP contribution >= 0.6 is 0 Å². The van der Waals surface area contributed by atoms with Crippen molar-refractivity contribution in [2.45, 2.75) is 4.90 Å². The van der Waals surface area contributed by atoms with E-state index in [4.69, 9.17) is 5.73 Å². The summed E-state index contributed by atoms with van der Waals surface area (Å²) < 4.78 is 29.4. The predicted molar refractivity (Wildman–Crippen MR) is 68.5 cm³/mol. The van der Waals surface area contributed by atoms with Crippen LogP contribution in [0.5, 0.6) is 5.75 Å². The second-order valence-electron chi connectivity index (χ2n) is 3.90. The van der Waals surface area contributed by atoms with Gasteiger partial charge in [0.15, 0.2) is 0 Å². The molecule has 8 nitrogen and oxygen atoms in total. The van der Waals surface area contributed by atoms with Crippen LogP contribution in [0.1, 0.15) is 10.4 Å². The number of nitrogens with two attached hydrogens (primary N) is 1. The first-order valence-corrected chi connectivity index (χ1v) is 6.80. The third-order valence-electron chi connectivity index (χ3n) is 2.46. The molecule has 0 fully saturated rings. The van der Waals surface area contributed by atoms with E-state index >= 15 is 0 Å². The third-order valence-corrected chi connectivity index (χ3v) is 4.26. The summed E-state index contributed by atoms with van der Waals surface area (Å²) in [5.41, 5.74) is 4.64. The smallest absolute Gasteiger partial charge is 0.341 e. The Bertz CT molecular complexity index is 640. The van der Waals surface area contributed by atoms with Gasteiger partial charge in [-0.25, -0.2) is 13.2 Å². The van der Waals surface area contributed by atoms with Crippen LogP contribution in [0.3, 0.4) is 0 Å². The molecule has 0 bridgehead atoms. The van der Waals surface area contributed by atoms with Crippen molar-refractivity contribution in [2.24, 2.45) is 5.73 Å². The molecule has 1 amide bonds. The van der Waals surface area contributed by atoms with E-state index in [0.717, 1.165) is 29.6 Å². The Balaban J connectivity index is 3.26. The number of ether oxygens (including phenoxy) is 1. The van der Waals surface area contributed by atoms with Crippen LogP contribution in [0.4, 0.5) is 0 Å². The number of hydrogen-bond donors (Lipinski definition) is 2. The van der Waals surface area contributed by atoms with Crippen molar-refractivity contribution >= 4 is 21.9 Å². The maximum atomic E-state index is 12.1. The number of phenols is 1. The van der Waals surface area contributed by atoms with Gasteiger partial charge in [0.25, 0.3) is 0 Å². The van der Waals surface area contributed by atoms with Crippen LogP contribution < -0.4 is 5.73 Å². The fourth-order valence-electron chi connectivity index (χ4n) is 1.43. The minimum Gasteiger partial charge on any atom is -0.507 e. The Morgan fingerprint density at radius 2 is 2.00 bits per heavy atom. The molecular weight excluding hydrogens is 288 g/mol. The van der Waals surface area contributed by atoms with Gasteiger partial charge in [-0.3, -0.25) is 4.79 Å². The first kappa shape index (κ1) is 15.9. The lowest BCUT2D eigenvalue weighted by atomic mass is 10.2. The highest BCUT2D eigenvalue weighted by Gasteiger charge is 2.24. The van der Waals surface area contributed by atoms with Crippen molar-refractivity contribution in [3.63, 3.8) is 0 Å². The second kappa shape index (κ2) is 5.88. The monoisotopic (exact) mass is 302 g/mol. The Morgan fingerprint density at radius 1 is 1.40 bits per heavy atom. The summed E-state index contributed by atoms with van der Waals surface area (Å²) in [6.45, 7) is -0.503. The largest absolute Gasteiger partial charge is 0.507 e. The molecule has 110 valence electrons. The zero-order valence-corrected chi connectivity index (χ0v) is 11.7. The lowest BCUT2D eigenvalue weighted by Crippen LogP contribution is -2.35. The molecule has 1 aromatic carbocycles. The average molecular weight is 302 g/mol. The lowest BCUT2D eigenvalue weighted by molar-refractivity contribution is -0.118. The quantitative estimate of drug-likeness (QED) is 0.691. The molecule has 0 spiro atoms. The summed E-state index contributed by atoms with van der Waals surface area (Å²) in [5, 5.41) is 9.50. The second-order valence-corrected chi connectivity index (χ2v) is 5.94. The van der Waals surface area contributed by atoms with Crippen LogP contribution in [-0.2, 0) is 19.6 Å². The fourth-order valence-corrected chi connectivity index (χ4v) is 2.60. The number of carbonyl (C=O) groups excluding carboxylic acids is 2. The minimum atomic E-state index is -4.00. The Morgan fingerprint density at radius 3 is 2.50 bits per heavy atom. The number of esters is 1. The van der Waals surface area contributed by atoms with Gasteiger partial charge in [-0.15, -0.1) is 0 Å². The zero-order valence-electron chi connectivity index (χ0n) is 10.9. The number of rotatable bonds is 5. The van der Waals surface area contributed by atoms with Crippen molar-refractivity contribution < 1.29 is 27.9 Å². The van der Waals surface area contributed by atoms with E-state index in [0.29, 0.717) is 0 Å². The molecule has 0 saturated heterocycles. The summed E-state index contributed by atoms with van der Waals surface area (Å²) in [6.07, 6.45) is 0. The van der Waals surface area contributed by atoms with Gasteiger partial charge in [0, 0.05) is 7.05 Å². The molecule has 0 aliphatic carbocycles. The van der Waals surface area contributed by atoms with Crippen molar-refractivity contribution in [3.8, 4) is 5.75 Å². The number of sulfonamides is 1. The van der Waals surface area contributed by atoms with Gasteiger partial charge in [-0.05, 0) is 18.2 Å². The molecule has 9 heteroatoms. The molecular formula is C11H14N2O6S. The molecule has 0 aliphatic heterocycles.